The van der Waals surface area contributed by atoms with Crippen LogP contribution >= 0.6 is 11.6 Å². The summed E-state index contributed by atoms with van der Waals surface area (Å²) in [6, 6.07) is 21.0. The molecule has 3 aromatic carbocycles. The van der Waals surface area contributed by atoms with Crippen LogP contribution in [0.25, 0.3) is 0 Å². The molecule has 4 rings (SSSR count). The van der Waals surface area contributed by atoms with E-state index in [1.807, 2.05) is 0 Å². The van der Waals surface area contributed by atoms with Crippen LogP contribution in [0.5, 0.6) is 0 Å². The van der Waals surface area contributed by atoms with Crippen LogP contribution in [-0.2, 0) is 19.5 Å². The number of morpholine rings is 1. The summed E-state index contributed by atoms with van der Waals surface area (Å²) < 4.78 is 38.3. The van der Waals surface area contributed by atoms with Gasteiger partial charge in [0.25, 0.3) is 0 Å². The third-order valence-corrected chi connectivity index (χ3v) is 7.76. The Bertz CT molecular complexity index is 1280. The molecule has 0 saturated carbocycles. The third-order valence-electron chi connectivity index (χ3n) is 5.38. The molecule has 1 atom stereocenters. The Morgan fingerprint density at radius 3 is 2.15 bits per heavy atom. The number of Topliss-reactive ketones (excluding diaryl/α,β-unsaturated/α-hetero) is 1. The fourth-order valence-electron chi connectivity index (χ4n) is 3.58. The molecule has 34 heavy (non-hydrogen) atoms. The zero-order valence-corrected chi connectivity index (χ0v) is 19.7. The van der Waals surface area contributed by atoms with Gasteiger partial charge in [-0.2, -0.15) is 4.31 Å². The Kier molecular flexibility index (Phi) is 7.43. The highest BCUT2D eigenvalue weighted by atomic mass is 35.5. The Balaban J connectivity index is 1.65. The number of nitrogens with zero attached hydrogens (tertiary/aromatic N) is 1. The highest BCUT2D eigenvalue weighted by Crippen LogP contribution is 2.29. The highest BCUT2D eigenvalue weighted by molar-refractivity contribution is 7.89. The lowest BCUT2D eigenvalue weighted by Gasteiger charge is -2.26. The monoisotopic (exact) mass is 499 g/mol. The summed E-state index contributed by atoms with van der Waals surface area (Å²) in [5.74, 6) is -1.23. The maximum atomic E-state index is 13.2. The second-order valence-electron chi connectivity index (χ2n) is 7.59. The van der Waals surface area contributed by atoms with E-state index in [4.69, 9.17) is 21.1 Å². The standard InChI is InChI=1S/C25H22ClNO6S/c26-21-12-11-20(17-22(21)34(30,31)27-13-15-32-16-14-27)25(29)33-24(19-9-5-2-6-10-19)23(28)18-7-3-1-4-8-18/h1-12,17,24H,13-16H2/t24-/m0/s1. The SMILES string of the molecule is O=C(O[C@H](C(=O)c1ccccc1)c1ccccc1)c1ccc(Cl)c(S(=O)(=O)N2CCOCC2)c1. The van der Waals surface area contributed by atoms with Gasteiger partial charge < -0.3 is 9.47 Å². The van der Waals surface area contributed by atoms with Crippen molar-refractivity contribution >= 4 is 33.4 Å². The van der Waals surface area contributed by atoms with Crippen LogP contribution in [0, 0.1) is 0 Å². The van der Waals surface area contributed by atoms with Gasteiger partial charge in [0.15, 0.2) is 6.10 Å². The summed E-state index contributed by atoms with van der Waals surface area (Å²) >= 11 is 6.19. The lowest BCUT2D eigenvalue weighted by Crippen LogP contribution is -2.40. The molecule has 0 aliphatic carbocycles. The van der Waals surface area contributed by atoms with E-state index in [1.165, 1.54) is 22.5 Å². The van der Waals surface area contributed by atoms with E-state index in [0.29, 0.717) is 11.1 Å². The first-order valence-corrected chi connectivity index (χ1v) is 12.4. The maximum Gasteiger partial charge on any atom is 0.339 e. The lowest BCUT2D eigenvalue weighted by atomic mass is 10.00. The topological polar surface area (TPSA) is 90.0 Å². The maximum absolute atomic E-state index is 13.2. The predicted octanol–water partition coefficient (Wildman–Crippen LogP) is 4.14. The molecule has 0 spiro atoms. The molecule has 0 N–H and O–H groups in total. The molecule has 176 valence electrons. The smallest absolute Gasteiger partial charge is 0.339 e. The number of rotatable bonds is 7. The van der Waals surface area contributed by atoms with Gasteiger partial charge in [-0.1, -0.05) is 72.3 Å². The first kappa shape index (κ1) is 24.1. The number of sulfonamides is 1. The summed E-state index contributed by atoms with van der Waals surface area (Å²) in [7, 11) is -3.94. The molecule has 0 unspecified atom stereocenters. The van der Waals surface area contributed by atoms with Gasteiger partial charge in [0.1, 0.15) is 4.90 Å². The zero-order valence-electron chi connectivity index (χ0n) is 18.1. The molecular weight excluding hydrogens is 478 g/mol. The van der Waals surface area contributed by atoms with Gasteiger partial charge in [0, 0.05) is 24.2 Å². The number of hydrogen-bond acceptors (Lipinski definition) is 6. The van der Waals surface area contributed by atoms with Crippen LogP contribution in [0.15, 0.2) is 83.8 Å². The fourth-order valence-corrected chi connectivity index (χ4v) is 5.49. The van der Waals surface area contributed by atoms with Crippen LogP contribution in [0.1, 0.15) is 32.4 Å². The van der Waals surface area contributed by atoms with E-state index in [1.54, 1.807) is 60.7 Å². The molecule has 3 aromatic rings. The number of carbonyl (C=O) groups excluding carboxylic acids is 2. The summed E-state index contributed by atoms with van der Waals surface area (Å²) in [5.41, 5.74) is 0.855. The van der Waals surface area contributed by atoms with Gasteiger partial charge in [-0.15, -0.1) is 0 Å². The molecule has 0 amide bonds. The van der Waals surface area contributed by atoms with Crippen LogP contribution in [-0.4, -0.2) is 50.8 Å². The molecule has 9 heteroatoms. The second-order valence-corrected chi connectivity index (χ2v) is 9.90. The summed E-state index contributed by atoms with van der Waals surface area (Å²) in [5, 5.41) is -0.0111. The number of hydrogen-bond donors (Lipinski definition) is 0. The number of ether oxygens (including phenoxy) is 2. The molecule has 0 radical (unpaired) electrons. The number of ketones is 1. The zero-order chi connectivity index (χ0) is 24.1. The van der Waals surface area contributed by atoms with Gasteiger partial charge in [-0.3, -0.25) is 4.79 Å². The first-order valence-electron chi connectivity index (χ1n) is 10.6. The van der Waals surface area contributed by atoms with Gasteiger partial charge in [-0.05, 0) is 18.2 Å². The molecule has 7 nitrogen and oxygen atoms in total. The van der Waals surface area contributed by atoms with Gasteiger partial charge in [0.2, 0.25) is 15.8 Å². The van der Waals surface area contributed by atoms with Crippen molar-refractivity contribution in [1.82, 2.24) is 4.31 Å². The van der Waals surface area contributed by atoms with Crippen molar-refractivity contribution in [2.45, 2.75) is 11.0 Å². The first-order chi connectivity index (χ1) is 16.4. The van der Waals surface area contributed by atoms with E-state index in [9.17, 15) is 18.0 Å². The molecule has 0 bridgehead atoms. The normalized spacial score (nSPS) is 15.4. The van der Waals surface area contributed by atoms with Crippen molar-refractivity contribution in [3.63, 3.8) is 0 Å². The molecule has 1 fully saturated rings. The van der Waals surface area contributed by atoms with Gasteiger partial charge >= 0.3 is 5.97 Å². The number of benzene rings is 3. The Morgan fingerprint density at radius 1 is 0.882 bits per heavy atom. The number of esters is 1. The third kappa shape index (κ3) is 5.20. The van der Waals surface area contributed by atoms with Gasteiger partial charge in [0.05, 0.1) is 23.8 Å². The minimum Gasteiger partial charge on any atom is -0.445 e. The van der Waals surface area contributed by atoms with E-state index in [2.05, 4.69) is 0 Å². The average Bonchev–Trinajstić information content (AvgIpc) is 2.88. The fraction of sp³-hybridized carbons (Fsp3) is 0.200. The van der Waals surface area contributed by atoms with E-state index >= 15 is 0 Å². The van der Waals surface area contributed by atoms with Gasteiger partial charge in [-0.25, -0.2) is 13.2 Å². The van der Waals surface area contributed by atoms with Crippen LogP contribution in [0.3, 0.4) is 0 Å². The van der Waals surface area contributed by atoms with E-state index in [0.717, 1.165) is 0 Å². The number of carbonyl (C=O) groups is 2. The van der Waals surface area contributed by atoms with Crippen molar-refractivity contribution in [3.05, 3.63) is 101 Å². The van der Waals surface area contributed by atoms with Crippen molar-refractivity contribution in [2.24, 2.45) is 0 Å². The van der Waals surface area contributed by atoms with Crippen molar-refractivity contribution in [2.75, 3.05) is 26.3 Å². The largest absolute Gasteiger partial charge is 0.445 e. The Morgan fingerprint density at radius 2 is 1.50 bits per heavy atom. The molecule has 1 saturated heterocycles. The van der Waals surface area contributed by atoms with E-state index < -0.39 is 27.9 Å². The van der Waals surface area contributed by atoms with Crippen molar-refractivity contribution in [1.29, 1.82) is 0 Å². The summed E-state index contributed by atoms with van der Waals surface area (Å²) in [6.07, 6.45) is -1.20. The average molecular weight is 500 g/mol. The van der Waals surface area contributed by atoms with Crippen LogP contribution in [0.2, 0.25) is 5.02 Å². The molecule has 1 aliphatic heterocycles. The molecule has 1 aliphatic rings. The molecule has 0 aromatic heterocycles. The number of halogens is 1. The van der Waals surface area contributed by atoms with Crippen LogP contribution in [0.4, 0.5) is 0 Å². The quantitative estimate of drug-likeness (QED) is 0.358. The van der Waals surface area contributed by atoms with Crippen molar-refractivity contribution < 1.29 is 27.5 Å². The molecular formula is C25H22ClNO6S. The summed E-state index contributed by atoms with van der Waals surface area (Å²) in [6.45, 7) is 0.932. The van der Waals surface area contributed by atoms with Crippen molar-refractivity contribution in [3.8, 4) is 0 Å². The Labute approximate surface area is 202 Å². The summed E-state index contributed by atoms with van der Waals surface area (Å²) in [4.78, 5) is 26.1. The Hall–Kier alpha value is -3.04. The lowest BCUT2D eigenvalue weighted by molar-refractivity contribution is 0.0279. The van der Waals surface area contributed by atoms with E-state index in [-0.39, 0.29) is 41.8 Å². The predicted molar refractivity (Wildman–Crippen MR) is 126 cm³/mol. The minimum atomic E-state index is -3.94. The highest BCUT2D eigenvalue weighted by Gasteiger charge is 2.31. The minimum absolute atomic E-state index is 0.0111. The second kappa shape index (κ2) is 10.5. The van der Waals surface area contributed by atoms with Crippen LogP contribution < -0.4 is 0 Å². The molecule has 1 heterocycles.